The fraction of sp³-hybridized carbons (Fsp3) is 0.385. The minimum absolute atomic E-state index is 0.0490. The van der Waals surface area contributed by atoms with E-state index in [2.05, 4.69) is 5.32 Å². The number of anilines is 2. The van der Waals surface area contributed by atoms with Crippen LogP contribution in [0.2, 0.25) is 0 Å². The number of rotatable bonds is 7. The van der Waals surface area contributed by atoms with Gasteiger partial charge in [-0.1, -0.05) is 6.92 Å². The van der Waals surface area contributed by atoms with Gasteiger partial charge in [0.25, 0.3) is 0 Å². The number of halogens is 1. The van der Waals surface area contributed by atoms with Gasteiger partial charge in [-0.15, -0.1) is 0 Å². The molecule has 0 radical (unpaired) electrons. The molecule has 7 heteroatoms. The molecule has 0 aliphatic heterocycles. The smallest absolute Gasteiger partial charge is 0.231 e. The molecule has 0 aliphatic rings. The van der Waals surface area contributed by atoms with Crippen LogP contribution in [-0.2, 0) is 9.59 Å². The maximum Gasteiger partial charge on any atom is 0.231 e. The molecular weight excluding hydrogens is 263 g/mol. The van der Waals surface area contributed by atoms with Crippen LogP contribution in [0.15, 0.2) is 18.2 Å². The Morgan fingerprint density at radius 3 is 2.70 bits per heavy atom. The molecule has 1 aromatic rings. The molecule has 5 N–H and O–H groups in total. The van der Waals surface area contributed by atoms with Crippen molar-refractivity contribution in [3.05, 3.63) is 24.0 Å². The van der Waals surface area contributed by atoms with Gasteiger partial charge in [0.2, 0.25) is 11.8 Å². The molecule has 0 heterocycles. The van der Waals surface area contributed by atoms with E-state index in [0.717, 1.165) is 0 Å². The topological polar surface area (TPSA) is 101 Å². The van der Waals surface area contributed by atoms with Crippen LogP contribution in [0.25, 0.3) is 0 Å². The molecule has 0 aliphatic carbocycles. The van der Waals surface area contributed by atoms with Crippen molar-refractivity contribution < 1.29 is 14.0 Å². The van der Waals surface area contributed by atoms with Crippen molar-refractivity contribution >= 4 is 23.2 Å². The highest BCUT2D eigenvalue weighted by atomic mass is 19.1. The van der Waals surface area contributed by atoms with Crippen LogP contribution in [0.1, 0.15) is 13.3 Å². The van der Waals surface area contributed by atoms with Gasteiger partial charge in [0, 0.05) is 18.7 Å². The second-order valence-corrected chi connectivity index (χ2v) is 4.37. The average Bonchev–Trinajstić information content (AvgIpc) is 2.38. The Morgan fingerprint density at radius 1 is 1.40 bits per heavy atom. The summed E-state index contributed by atoms with van der Waals surface area (Å²) >= 11 is 0. The number of nitrogens with zero attached hydrogens (tertiary/aromatic N) is 1. The van der Waals surface area contributed by atoms with Crippen molar-refractivity contribution in [2.24, 2.45) is 5.73 Å². The SMILES string of the molecule is CCN(CCC(=O)Nc1cc(N)ccc1F)CC(N)=O. The van der Waals surface area contributed by atoms with E-state index in [1.807, 2.05) is 6.92 Å². The lowest BCUT2D eigenvalue weighted by Gasteiger charge is -2.18. The van der Waals surface area contributed by atoms with Crippen molar-refractivity contribution in [1.82, 2.24) is 4.90 Å². The molecule has 0 aromatic heterocycles. The summed E-state index contributed by atoms with van der Waals surface area (Å²) < 4.78 is 13.4. The van der Waals surface area contributed by atoms with E-state index < -0.39 is 11.7 Å². The first kappa shape index (κ1) is 15.9. The molecule has 0 bridgehead atoms. The quantitative estimate of drug-likeness (QED) is 0.635. The van der Waals surface area contributed by atoms with Gasteiger partial charge in [0.1, 0.15) is 5.82 Å². The van der Waals surface area contributed by atoms with E-state index in [4.69, 9.17) is 11.5 Å². The van der Waals surface area contributed by atoms with Gasteiger partial charge in [-0.2, -0.15) is 0 Å². The summed E-state index contributed by atoms with van der Waals surface area (Å²) in [6, 6.07) is 3.96. The zero-order valence-corrected chi connectivity index (χ0v) is 11.4. The van der Waals surface area contributed by atoms with Gasteiger partial charge < -0.3 is 16.8 Å². The number of primary amides is 1. The maximum atomic E-state index is 13.4. The third-order valence-corrected chi connectivity index (χ3v) is 2.75. The summed E-state index contributed by atoms with van der Waals surface area (Å²) in [7, 11) is 0. The maximum absolute atomic E-state index is 13.4. The van der Waals surface area contributed by atoms with Crippen molar-refractivity contribution in [3.8, 4) is 0 Å². The van der Waals surface area contributed by atoms with Gasteiger partial charge >= 0.3 is 0 Å². The van der Waals surface area contributed by atoms with E-state index in [1.54, 1.807) is 4.90 Å². The molecule has 0 saturated carbocycles. The second kappa shape index (κ2) is 7.44. The van der Waals surface area contributed by atoms with E-state index >= 15 is 0 Å². The number of carbonyl (C=O) groups excluding carboxylic acids is 2. The van der Waals surface area contributed by atoms with Crippen LogP contribution in [0.5, 0.6) is 0 Å². The Balaban J connectivity index is 2.51. The second-order valence-electron chi connectivity index (χ2n) is 4.37. The first-order chi connectivity index (χ1) is 9.42. The Bertz CT molecular complexity index is 493. The molecule has 20 heavy (non-hydrogen) atoms. The van der Waals surface area contributed by atoms with Gasteiger partial charge in [-0.05, 0) is 24.7 Å². The Hall–Kier alpha value is -2.15. The van der Waals surface area contributed by atoms with Crippen LogP contribution in [-0.4, -0.2) is 36.3 Å². The average molecular weight is 282 g/mol. The number of benzene rings is 1. The van der Waals surface area contributed by atoms with Crippen molar-refractivity contribution in [1.29, 1.82) is 0 Å². The van der Waals surface area contributed by atoms with Gasteiger partial charge in [-0.3, -0.25) is 14.5 Å². The third kappa shape index (κ3) is 5.23. The molecule has 1 rings (SSSR count). The van der Waals surface area contributed by atoms with Crippen LogP contribution in [0.4, 0.5) is 15.8 Å². The molecule has 2 amide bonds. The summed E-state index contributed by atoms with van der Waals surface area (Å²) in [5, 5.41) is 2.45. The van der Waals surface area contributed by atoms with Gasteiger partial charge in [-0.25, -0.2) is 4.39 Å². The molecule has 0 unspecified atom stereocenters. The predicted molar refractivity (Wildman–Crippen MR) is 75.4 cm³/mol. The minimum atomic E-state index is -0.544. The number of likely N-dealkylation sites (N-methyl/N-ethyl adjacent to an activating group) is 1. The molecule has 0 saturated heterocycles. The van der Waals surface area contributed by atoms with Crippen molar-refractivity contribution in [2.45, 2.75) is 13.3 Å². The monoisotopic (exact) mass is 282 g/mol. The van der Waals surface area contributed by atoms with E-state index in [1.165, 1.54) is 18.2 Å². The van der Waals surface area contributed by atoms with Gasteiger partial charge in [0.05, 0.1) is 12.2 Å². The predicted octanol–water partition coefficient (Wildman–Crippen LogP) is 0.544. The van der Waals surface area contributed by atoms with E-state index in [9.17, 15) is 14.0 Å². The minimum Gasteiger partial charge on any atom is -0.399 e. The zero-order chi connectivity index (χ0) is 15.1. The number of nitrogens with two attached hydrogens (primary N) is 2. The third-order valence-electron chi connectivity index (χ3n) is 2.75. The number of carbonyl (C=O) groups is 2. The number of amides is 2. The van der Waals surface area contributed by atoms with Gasteiger partial charge in [0.15, 0.2) is 0 Å². The highest BCUT2D eigenvalue weighted by Gasteiger charge is 2.11. The Morgan fingerprint density at radius 2 is 2.10 bits per heavy atom. The lowest BCUT2D eigenvalue weighted by Crippen LogP contribution is -2.35. The Kier molecular flexibility index (Phi) is 5.92. The fourth-order valence-electron chi connectivity index (χ4n) is 1.68. The van der Waals surface area contributed by atoms with Crippen LogP contribution >= 0.6 is 0 Å². The zero-order valence-electron chi connectivity index (χ0n) is 11.4. The first-order valence-corrected chi connectivity index (χ1v) is 6.28. The summed E-state index contributed by atoms with van der Waals surface area (Å²) in [6.45, 7) is 2.92. The standard InChI is InChI=1S/C13H19FN4O2/c1-2-18(8-12(16)19)6-5-13(20)17-11-7-9(15)3-4-10(11)14/h3-4,7H,2,5-6,8,15H2,1H3,(H2,16,19)(H,17,20). The molecule has 0 atom stereocenters. The largest absolute Gasteiger partial charge is 0.399 e. The fourth-order valence-corrected chi connectivity index (χ4v) is 1.68. The number of hydrogen-bond donors (Lipinski definition) is 3. The molecule has 110 valence electrons. The lowest BCUT2D eigenvalue weighted by atomic mass is 10.2. The van der Waals surface area contributed by atoms with Crippen LogP contribution in [0.3, 0.4) is 0 Å². The van der Waals surface area contributed by atoms with Crippen molar-refractivity contribution in [2.75, 3.05) is 30.7 Å². The molecule has 6 nitrogen and oxygen atoms in total. The lowest BCUT2D eigenvalue weighted by molar-refractivity contribution is -0.120. The molecule has 1 aromatic carbocycles. The molecular formula is C13H19FN4O2. The molecule has 0 fully saturated rings. The van der Waals surface area contributed by atoms with Crippen LogP contribution in [0, 0.1) is 5.82 Å². The van der Waals surface area contributed by atoms with Crippen molar-refractivity contribution in [3.63, 3.8) is 0 Å². The number of nitrogens with one attached hydrogen (secondary N) is 1. The summed E-state index contributed by atoms with van der Waals surface area (Å²) in [5.74, 6) is -1.34. The summed E-state index contributed by atoms with van der Waals surface area (Å²) in [6.07, 6.45) is 0.134. The summed E-state index contributed by atoms with van der Waals surface area (Å²) in [4.78, 5) is 24.3. The Labute approximate surface area is 116 Å². The van der Waals surface area contributed by atoms with E-state index in [-0.39, 0.29) is 24.6 Å². The number of hydrogen-bond acceptors (Lipinski definition) is 4. The highest BCUT2D eigenvalue weighted by Crippen LogP contribution is 2.17. The first-order valence-electron chi connectivity index (χ1n) is 6.28. The van der Waals surface area contributed by atoms with Crippen LogP contribution < -0.4 is 16.8 Å². The summed E-state index contributed by atoms with van der Waals surface area (Å²) in [5.41, 5.74) is 11.0. The van der Waals surface area contributed by atoms with E-state index in [0.29, 0.717) is 18.8 Å². The normalized spacial score (nSPS) is 10.6. The number of nitrogen functional groups attached to an aromatic ring is 1. The highest BCUT2D eigenvalue weighted by molar-refractivity contribution is 5.91. The molecule has 0 spiro atoms.